The molecular weight excluding hydrogens is 438 g/mol. The third-order valence-electron chi connectivity index (χ3n) is 4.60. The van der Waals surface area contributed by atoms with Crippen LogP contribution in [0.2, 0.25) is 0 Å². The van der Waals surface area contributed by atoms with Gasteiger partial charge in [-0.25, -0.2) is 13.5 Å². The molecular formula is C22H16F2N4O3S. The monoisotopic (exact) mass is 454 g/mol. The third kappa shape index (κ3) is 4.59. The SMILES string of the molecule is O=C(NCCN1C(=O)S/C(=C\c2ccccc2F)C1=O)c1ccn(-c2ccc(F)cc2)n1. The molecule has 32 heavy (non-hydrogen) atoms. The van der Waals surface area contributed by atoms with Crippen molar-refractivity contribution in [2.45, 2.75) is 0 Å². The van der Waals surface area contributed by atoms with Crippen LogP contribution in [0.4, 0.5) is 13.6 Å². The molecule has 7 nitrogen and oxygen atoms in total. The Kier molecular flexibility index (Phi) is 6.13. The molecule has 1 aliphatic heterocycles. The number of hydrogen-bond acceptors (Lipinski definition) is 5. The summed E-state index contributed by atoms with van der Waals surface area (Å²) in [6, 6.07) is 13.1. The van der Waals surface area contributed by atoms with Crippen LogP contribution >= 0.6 is 11.8 Å². The smallest absolute Gasteiger partial charge is 0.293 e. The average Bonchev–Trinajstić information content (AvgIpc) is 3.37. The van der Waals surface area contributed by atoms with Gasteiger partial charge in [0.15, 0.2) is 5.69 Å². The Labute approximate surface area is 185 Å². The van der Waals surface area contributed by atoms with Crippen molar-refractivity contribution in [1.29, 1.82) is 0 Å². The number of aromatic nitrogens is 2. The maximum atomic E-state index is 13.8. The van der Waals surface area contributed by atoms with Crippen LogP contribution in [-0.2, 0) is 4.79 Å². The van der Waals surface area contributed by atoms with E-state index in [2.05, 4.69) is 10.4 Å². The van der Waals surface area contributed by atoms with Crippen LogP contribution in [0.3, 0.4) is 0 Å². The lowest BCUT2D eigenvalue weighted by Gasteiger charge is -2.12. The lowest BCUT2D eigenvalue weighted by Crippen LogP contribution is -2.37. The van der Waals surface area contributed by atoms with E-state index in [1.165, 1.54) is 59.3 Å². The molecule has 0 bridgehead atoms. The van der Waals surface area contributed by atoms with Crippen molar-refractivity contribution in [2.24, 2.45) is 0 Å². The molecule has 2 aromatic carbocycles. The number of nitrogens with zero attached hydrogens (tertiary/aromatic N) is 3. The van der Waals surface area contributed by atoms with E-state index in [1.54, 1.807) is 12.3 Å². The van der Waals surface area contributed by atoms with E-state index in [0.29, 0.717) is 5.69 Å². The highest BCUT2D eigenvalue weighted by molar-refractivity contribution is 8.18. The Morgan fingerprint density at radius 2 is 1.81 bits per heavy atom. The highest BCUT2D eigenvalue weighted by Crippen LogP contribution is 2.32. The van der Waals surface area contributed by atoms with E-state index in [-0.39, 0.29) is 35.1 Å². The van der Waals surface area contributed by atoms with Gasteiger partial charge >= 0.3 is 0 Å². The first-order chi connectivity index (χ1) is 15.4. The van der Waals surface area contributed by atoms with E-state index >= 15 is 0 Å². The Bertz CT molecular complexity index is 1220. The first-order valence-corrected chi connectivity index (χ1v) is 10.3. The van der Waals surface area contributed by atoms with Crippen LogP contribution in [0.15, 0.2) is 65.7 Å². The molecule has 4 rings (SSSR count). The molecule has 0 aliphatic carbocycles. The van der Waals surface area contributed by atoms with E-state index in [9.17, 15) is 23.2 Å². The molecule has 1 aliphatic rings. The van der Waals surface area contributed by atoms with Crippen LogP contribution in [0.1, 0.15) is 16.1 Å². The zero-order chi connectivity index (χ0) is 22.7. The van der Waals surface area contributed by atoms with Gasteiger partial charge in [-0.3, -0.25) is 19.3 Å². The zero-order valence-corrected chi connectivity index (χ0v) is 17.3. The van der Waals surface area contributed by atoms with Crippen LogP contribution in [0.25, 0.3) is 11.8 Å². The van der Waals surface area contributed by atoms with E-state index in [1.807, 2.05) is 0 Å². The largest absolute Gasteiger partial charge is 0.349 e. The maximum Gasteiger partial charge on any atom is 0.293 e. The molecule has 0 saturated carbocycles. The summed E-state index contributed by atoms with van der Waals surface area (Å²) < 4.78 is 28.3. The number of thioether (sulfide) groups is 1. The topological polar surface area (TPSA) is 84.3 Å². The van der Waals surface area contributed by atoms with Crippen molar-refractivity contribution in [2.75, 3.05) is 13.1 Å². The van der Waals surface area contributed by atoms with Crippen molar-refractivity contribution in [3.63, 3.8) is 0 Å². The number of imide groups is 1. The fourth-order valence-corrected chi connectivity index (χ4v) is 3.84. The van der Waals surface area contributed by atoms with Crippen molar-refractivity contribution in [3.05, 3.63) is 88.6 Å². The van der Waals surface area contributed by atoms with Gasteiger partial charge in [0.1, 0.15) is 11.6 Å². The molecule has 1 fully saturated rings. The van der Waals surface area contributed by atoms with Gasteiger partial charge in [-0.1, -0.05) is 18.2 Å². The number of carbonyl (C=O) groups excluding carboxylic acids is 3. The molecule has 0 unspecified atom stereocenters. The Morgan fingerprint density at radius 1 is 1.06 bits per heavy atom. The Hall–Kier alpha value is -3.79. The molecule has 1 aromatic heterocycles. The molecule has 0 radical (unpaired) electrons. The molecule has 0 atom stereocenters. The zero-order valence-electron chi connectivity index (χ0n) is 16.5. The number of rotatable bonds is 6. The minimum atomic E-state index is -0.543. The molecule has 0 spiro atoms. The minimum absolute atomic E-state index is 0.0211. The number of benzene rings is 2. The summed E-state index contributed by atoms with van der Waals surface area (Å²) in [7, 11) is 0. The van der Waals surface area contributed by atoms with Crippen molar-refractivity contribution in [1.82, 2.24) is 20.0 Å². The molecule has 1 saturated heterocycles. The quantitative estimate of drug-likeness (QED) is 0.576. The number of halogens is 2. The highest BCUT2D eigenvalue weighted by atomic mass is 32.2. The van der Waals surface area contributed by atoms with Gasteiger partial charge in [0.2, 0.25) is 0 Å². The second-order valence-electron chi connectivity index (χ2n) is 6.73. The summed E-state index contributed by atoms with van der Waals surface area (Å²) in [5.74, 6) is -1.90. The molecule has 10 heteroatoms. The average molecular weight is 454 g/mol. The summed E-state index contributed by atoms with van der Waals surface area (Å²) in [4.78, 5) is 38.1. The van der Waals surface area contributed by atoms with Crippen LogP contribution < -0.4 is 5.32 Å². The predicted molar refractivity (Wildman–Crippen MR) is 115 cm³/mol. The van der Waals surface area contributed by atoms with E-state index in [4.69, 9.17) is 0 Å². The highest BCUT2D eigenvalue weighted by Gasteiger charge is 2.34. The summed E-state index contributed by atoms with van der Waals surface area (Å²) in [6.45, 7) is -0.0169. The van der Waals surface area contributed by atoms with Gasteiger partial charge in [0.25, 0.3) is 17.1 Å². The second kappa shape index (κ2) is 9.15. The van der Waals surface area contributed by atoms with Gasteiger partial charge in [0.05, 0.1) is 10.6 Å². The van der Waals surface area contributed by atoms with E-state index < -0.39 is 22.9 Å². The summed E-state index contributed by atoms with van der Waals surface area (Å²) >= 11 is 0.719. The van der Waals surface area contributed by atoms with E-state index in [0.717, 1.165) is 16.7 Å². The van der Waals surface area contributed by atoms with Gasteiger partial charge in [0, 0.05) is 24.8 Å². The Morgan fingerprint density at radius 3 is 2.56 bits per heavy atom. The molecule has 3 amide bonds. The first-order valence-electron chi connectivity index (χ1n) is 9.52. The lowest BCUT2D eigenvalue weighted by molar-refractivity contribution is -0.122. The van der Waals surface area contributed by atoms with Crippen molar-refractivity contribution in [3.8, 4) is 5.69 Å². The third-order valence-corrected chi connectivity index (χ3v) is 5.51. The maximum absolute atomic E-state index is 13.8. The summed E-state index contributed by atoms with van der Waals surface area (Å²) in [5.41, 5.74) is 0.927. The number of amides is 3. The molecule has 1 N–H and O–H groups in total. The number of hydrogen-bond donors (Lipinski definition) is 1. The number of nitrogens with one attached hydrogen (secondary N) is 1. The van der Waals surface area contributed by atoms with Gasteiger partial charge in [-0.2, -0.15) is 5.10 Å². The summed E-state index contributed by atoms with van der Waals surface area (Å²) in [6.07, 6.45) is 2.90. The first kappa shape index (κ1) is 21.4. The van der Waals surface area contributed by atoms with Crippen molar-refractivity contribution >= 4 is 34.9 Å². The van der Waals surface area contributed by atoms with Gasteiger partial charge in [-0.15, -0.1) is 0 Å². The Balaban J connectivity index is 1.35. The molecule has 162 valence electrons. The fraction of sp³-hybridized carbons (Fsp3) is 0.0909. The number of carbonyl (C=O) groups is 3. The van der Waals surface area contributed by atoms with Crippen molar-refractivity contribution < 1.29 is 23.2 Å². The standard InChI is InChI=1S/C22H16F2N4O3S/c23-15-5-7-16(8-6-15)28-11-9-18(26-28)20(29)25-10-12-27-21(30)19(32-22(27)31)13-14-3-1-2-4-17(14)24/h1-9,11,13H,10,12H2,(H,25,29)/b19-13-. The van der Waals surface area contributed by atoms with Gasteiger partial charge in [-0.05, 0) is 54.2 Å². The summed E-state index contributed by atoms with van der Waals surface area (Å²) in [5, 5.41) is 6.26. The second-order valence-corrected chi connectivity index (χ2v) is 7.73. The van der Waals surface area contributed by atoms with Gasteiger partial charge < -0.3 is 5.32 Å². The van der Waals surface area contributed by atoms with Crippen LogP contribution in [-0.4, -0.2) is 44.8 Å². The normalized spacial score (nSPS) is 14.9. The minimum Gasteiger partial charge on any atom is -0.349 e. The van der Waals surface area contributed by atoms with Crippen LogP contribution in [0, 0.1) is 11.6 Å². The molecule has 2 heterocycles. The predicted octanol–water partition coefficient (Wildman–Crippen LogP) is 3.62. The fourth-order valence-electron chi connectivity index (χ4n) is 2.98. The lowest BCUT2D eigenvalue weighted by atomic mass is 10.2. The molecule has 3 aromatic rings. The van der Waals surface area contributed by atoms with Crippen LogP contribution in [0.5, 0.6) is 0 Å².